The summed E-state index contributed by atoms with van der Waals surface area (Å²) >= 11 is 1.54. The SMILES string of the molecule is Cc1ccc(CSCC(=O)N2CCCC2C(=O)O)cc1. The lowest BCUT2D eigenvalue weighted by Gasteiger charge is -2.21. The second-order valence-corrected chi connectivity index (χ2v) is 6.05. The Hall–Kier alpha value is -1.49. The number of thioether (sulfide) groups is 1. The largest absolute Gasteiger partial charge is 0.480 e. The van der Waals surface area contributed by atoms with Crippen molar-refractivity contribution in [2.45, 2.75) is 31.6 Å². The zero-order valence-electron chi connectivity index (χ0n) is 11.5. The Kier molecular flexibility index (Phi) is 5.06. The lowest BCUT2D eigenvalue weighted by Crippen LogP contribution is -2.41. The molecule has 1 unspecified atom stereocenters. The first-order chi connectivity index (χ1) is 9.58. The van der Waals surface area contributed by atoms with Crippen molar-refractivity contribution in [3.8, 4) is 0 Å². The van der Waals surface area contributed by atoms with Crippen molar-refractivity contribution >= 4 is 23.6 Å². The van der Waals surface area contributed by atoms with Crippen LogP contribution in [0.15, 0.2) is 24.3 Å². The van der Waals surface area contributed by atoms with Crippen molar-refractivity contribution in [1.29, 1.82) is 0 Å². The Morgan fingerprint density at radius 2 is 2.05 bits per heavy atom. The number of carboxylic acids is 1. The fourth-order valence-corrected chi connectivity index (χ4v) is 3.22. The molecule has 0 spiro atoms. The molecule has 1 fully saturated rings. The third kappa shape index (κ3) is 3.76. The molecule has 1 aromatic carbocycles. The topological polar surface area (TPSA) is 57.6 Å². The van der Waals surface area contributed by atoms with Gasteiger partial charge in [-0.15, -0.1) is 11.8 Å². The zero-order chi connectivity index (χ0) is 14.5. The first-order valence-corrected chi connectivity index (χ1v) is 7.89. The summed E-state index contributed by atoms with van der Waals surface area (Å²) in [5.41, 5.74) is 2.40. The van der Waals surface area contributed by atoms with Crippen LogP contribution in [0.2, 0.25) is 0 Å². The van der Waals surface area contributed by atoms with Gasteiger partial charge in [0.15, 0.2) is 0 Å². The van der Waals surface area contributed by atoms with Gasteiger partial charge in [0, 0.05) is 12.3 Å². The van der Waals surface area contributed by atoms with Gasteiger partial charge in [-0.3, -0.25) is 4.79 Å². The van der Waals surface area contributed by atoms with E-state index in [1.54, 1.807) is 0 Å². The van der Waals surface area contributed by atoms with Gasteiger partial charge < -0.3 is 10.0 Å². The predicted octanol–water partition coefficient (Wildman–Crippen LogP) is 2.30. The summed E-state index contributed by atoms with van der Waals surface area (Å²) < 4.78 is 0. The summed E-state index contributed by atoms with van der Waals surface area (Å²) in [5, 5.41) is 9.06. The van der Waals surface area contributed by atoms with Crippen LogP contribution in [-0.4, -0.2) is 40.2 Å². The summed E-state index contributed by atoms with van der Waals surface area (Å²) in [6.45, 7) is 2.61. The molecular formula is C15H19NO3S. The molecule has 20 heavy (non-hydrogen) atoms. The highest BCUT2D eigenvalue weighted by atomic mass is 32.2. The summed E-state index contributed by atoms with van der Waals surface area (Å²) in [5.74, 6) is 0.168. The highest BCUT2D eigenvalue weighted by Crippen LogP contribution is 2.20. The maximum absolute atomic E-state index is 12.0. The molecular weight excluding hydrogens is 274 g/mol. The van der Waals surface area contributed by atoms with Crippen LogP contribution in [0.1, 0.15) is 24.0 Å². The molecule has 1 saturated heterocycles. The number of amides is 1. The summed E-state index contributed by atoms with van der Waals surface area (Å²) in [6.07, 6.45) is 1.36. The molecule has 108 valence electrons. The summed E-state index contributed by atoms with van der Waals surface area (Å²) in [6, 6.07) is 7.60. The second kappa shape index (κ2) is 6.79. The van der Waals surface area contributed by atoms with E-state index >= 15 is 0 Å². The van der Waals surface area contributed by atoms with Gasteiger partial charge in [0.25, 0.3) is 0 Å². The molecule has 1 amide bonds. The number of hydrogen-bond acceptors (Lipinski definition) is 3. The van der Waals surface area contributed by atoms with Crippen LogP contribution in [0.3, 0.4) is 0 Å². The smallest absolute Gasteiger partial charge is 0.326 e. The number of aryl methyl sites for hydroxylation is 1. The van der Waals surface area contributed by atoms with Gasteiger partial charge in [0.1, 0.15) is 6.04 Å². The molecule has 1 aliphatic rings. The van der Waals surface area contributed by atoms with Crippen molar-refractivity contribution in [3.05, 3.63) is 35.4 Å². The van der Waals surface area contributed by atoms with E-state index in [0.717, 1.165) is 12.2 Å². The van der Waals surface area contributed by atoms with Gasteiger partial charge in [-0.2, -0.15) is 0 Å². The molecule has 0 aromatic heterocycles. The summed E-state index contributed by atoms with van der Waals surface area (Å²) in [7, 11) is 0. The molecule has 2 rings (SSSR count). The van der Waals surface area contributed by atoms with Crippen LogP contribution in [0.25, 0.3) is 0 Å². The molecule has 1 N–H and O–H groups in total. The Labute approximate surface area is 123 Å². The molecule has 0 saturated carbocycles. The van der Waals surface area contributed by atoms with Gasteiger partial charge in [0.05, 0.1) is 5.75 Å². The molecule has 1 aliphatic heterocycles. The van der Waals surface area contributed by atoms with Gasteiger partial charge in [-0.25, -0.2) is 4.79 Å². The van der Waals surface area contributed by atoms with E-state index in [4.69, 9.17) is 5.11 Å². The van der Waals surface area contributed by atoms with E-state index in [0.29, 0.717) is 18.7 Å². The normalized spacial score (nSPS) is 18.2. The molecule has 0 radical (unpaired) electrons. The van der Waals surface area contributed by atoms with E-state index in [9.17, 15) is 9.59 Å². The average Bonchev–Trinajstić information content (AvgIpc) is 2.90. The van der Waals surface area contributed by atoms with Gasteiger partial charge in [-0.05, 0) is 25.3 Å². The molecule has 4 nitrogen and oxygen atoms in total. The van der Waals surface area contributed by atoms with Crippen molar-refractivity contribution in [2.24, 2.45) is 0 Å². The van der Waals surface area contributed by atoms with E-state index in [2.05, 4.69) is 24.3 Å². The molecule has 5 heteroatoms. The minimum atomic E-state index is -0.889. The van der Waals surface area contributed by atoms with Crippen molar-refractivity contribution < 1.29 is 14.7 Å². The number of likely N-dealkylation sites (tertiary alicyclic amines) is 1. The molecule has 1 aromatic rings. The number of rotatable bonds is 5. The summed E-state index contributed by atoms with van der Waals surface area (Å²) in [4.78, 5) is 24.6. The zero-order valence-corrected chi connectivity index (χ0v) is 12.4. The second-order valence-electron chi connectivity index (χ2n) is 5.06. The monoisotopic (exact) mass is 293 g/mol. The number of carboxylic acid groups (broad SMARTS) is 1. The lowest BCUT2D eigenvalue weighted by molar-refractivity contribution is -0.147. The number of nitrogens with zero attached hydrogens (tertiary/aromatic N) is 1. The van der Waals surface area contributed by atoms with Crippen molar-refractivity contribution in [2.75, 3.05) is 12.3 Å². The minimum Gasteiger partial charge on any atom is -0.480 e. The Balaban J connectivity index is 1.80. The van der Waals surface area contributed by atoms with Gasteiger partial charge in [-0.1, -0.05) is 29.8 Å². The number of aliphatic carboxylic acids is 1. The number of hydrogen-bond donors (Lipinski definition) is 1. The minimum absolute atomic E-state index is 0.0630. The van der Waals surface area contributed by atoms with Gasteiger partial charge >= 0.3 is 5.97 Å². The Morgan fingerprint density at radius 3 is 2.70 bits per heavy atom. The van der Waals surface area contributed by atoms with E-state index < -0.39 is 12.0 Å². The Bertz CT molecular complexity index is 486. The van der Waals surface area contributed by atoms with Crippen LogP contribution >= 0.6 is 11.8 Å². The van der Waals surface area contributed by atoms with Crippen molar-refractivity contribution in [3.63, 3.8) is 0 Å². The average molecular weight is 293 g/mol. The van der Waals surface area contributed by atoms with E-state index in [1.165, 1.54) is 27.8 Å². The Morgan fingerprint density at radius 1 is 1.35 bits per heavy atom. The van der Waals surface area contributed by atoms with Crippen LogP contribution in [0.4, 0.5) is 0 Å². The maximum atomic E-state index is 12.0. The molecule has 1 atom stereocenters. The van der Waals surface area contributed by atoms with Gasteiger partial charge in [0.2, 0.25) is 5.91 Å². The predicted molar refractivity (Wildman–Crippen MR) is 79.7 cm³/mol. The van der Waals surface area contributed by atoms with Crippen LogP contribution in [-0.2, 0) is 15.3 Å². The van der Waals surface area contributed by atoms with E-state index in [-0.39, 0.29) is 5.91 Å². The molecule has 0 aliphatic carbocycles. The van der Waals surface area contributed by atoms with Crippen LogP contribution in [0.5, 0.6) is 0 Å². The first-order valence-electron chi connectivity index (χ1n) is 6.73. The lowest BCUT2D eigenvalue weighted by atomic mass is 10.2. The van der Waals surface area contributed by atoms with Crippen molar-refractivity contribution in [1.82, 2.24) is 4.90 Å². The first kappa shape index (κ1) is 14.9. The fraction of sp³-hybridized carbons (Fsp3) is 0.467. The number of carbonyl (C=O) groups is 2. The van der Waals surface area contributed by atoms with Crippen LogP contribution in [0, 0.1) is 6.92 Å². The highest BCUT2D eigenvalue weighted by Gasteiger charge is 2.33. The third-order valence-corrected chi connectivity index (χ3v) is 4.46. The quantitative estimate of drug-likeness (QED) is 0.905. The van der Waals surface area contributed by atoms with Crippen LogP contribution < -0.4 is 0 Å². The highest BCUT2D eigenvalue weighted by molar-refractivity contribution is 7.99. The maximum Gasteiger partial charge on any atom is 0.326 e. The number of benzene rings is 1. The third-order valence-electron chi connectivity index (χ3n) is 3.47. The standard InChI is InChI=1S/C15H19NO3S/c1-11-4-6-12(7-5-11)9-20-10-14(17)16-8-2-3-13(16)15(18)19/h4-7,13H,2-3,8-10H2,1H3,(H,18,19). The molecule has 1 heterocycles. The number of carbonyl (C=O) groups excluding carboxylic acids is 1. The fourth-order valence-electron chi connectivity index (χ4n) is 2.35. The van der Waals surface area contributed by atoms with E-state index in [1.807, 2.05) is 6.92 Å². The molecule has 0 bridgehead atoms.